The van der Waals surface area contributed by atoms with Gasteiger partial charge in [0.15, 0.2) is 0 Å². The fourth-order valence-electron chi connectivity index (χ4n) is 7.58. The number of rotatable bonds is 9. The maximum Gasteiger partial charge on any atom is 0.246 e. The number of amides is 3. The Labute approximate surface area is 219 Å². The van der Waals surface area contributed by atoms with Gasteiger partial charge in [-0.15, -0.1) is 0 Å². The van der Waals surface area contributed by atoms with Gasteiger partial charge in [0.1, 0.15) is 11.6 Å². The van der Waals surface area contributed by atoms with Gasteiger partial charge in [-0.3, -0.25) is 14.4 Å². The summed E-state index contributed by atoms with van der Waals surface area (Å²) in [4.78, 5) is 43.4. The minimum absolute atomic E-state index is 0.0894. The number of hydrogen-bond donors (Lipinski definition) is 3. The molecule has 37 heavy (non-hydrogen) atoms. The van der Waals surface area contributed by atoms with Crippen molar-refractivity contribution >= 4 is 17.7 Å². The molecule has 3 amide bonds. The third kappa shape index (κ3) is 4.26. The number of hydrogen-bond acceptors (Lipinski definition) is 5. The van der Waals surface area contributed by atoms with Gasteiger partial charge in [-0.25, -0.2) is 0 Å². The number of carbonyl (C=O) groups excluding carboxylic acids is 3. The molecule has 1 aliphatic carbocycles. The predicted molar refractivity (Wildman–Crippen MR) is 138 cm³/mol. The molecule has 1 saturated carbocycles. The van der Waals surface area contributed by atoms with Crippen molar-refractivity contribution in [1.29, 1.82) is 0 Å². The summed E-state index contributed by atoms with van der Waals surface area (Å²) in [6, 6.07) is 8.45. The molecule has 1 aromatic carbocycles. The Balaban J connectivity index is 1.47. The fourth-order valence-corrected chi connectivity index (χ4v) is 7.58. The van der Waals surface area contributed by atoms with Crippen LogP contribution < -0.4 is 10.6 Å². The summed E-state index contributed by atoms with van der Waals surface area (Å²) >= 11 is 0. The molecule has 3 aliphatic heterocycles. The molecule has 3 heterocycles. The Hall–Kier alpha value is -2.45. The quantitative estimate of drug-likeness (QED) is 0.473. The SMILES string of the molecule is CC[C@@H](CO)N1C(=O)[C@@H]2[C@@H](C(=O)NCc3ccccc3)[C@@]3(CC)CCC2(O3)C1C(=O)NC1CCCCC1. The molecule has 2 bridgehead atoms. The van der Waals surface area contributed by atoms with Crippen LogP contribution >= 0.6 is 0 Å². The van der Waals surface area contributed by atoms with E-state index in [-0.39, 0.29) is 30.4 Å². The first-order valence-corrected chi connectivity index (χ1v) is 14.2. The number of fused-ring (bicyclic) bond motifs is 1. The van der Waals surface area contributed by atoms with Crippen molar-refractivity contribution in [3.05, 3.63) is 35.9 Å². The first-order valence-electron chi connectivity index (χ1n) is 14.2. The van der Waals surface area contributed by atoms with E-state index in [1.54, 1.807) is 4.90 Å². The highest BCUT2D eigenvalue weighted by atomic mass is 16.5. The molecule has 3 N–H and O–H groups in total. The number of carbonyl (C=O) groups is 3. The topological polar surface area (TPSA) is 108 Å². The second-order valence-corrected chi connectivity index (χ2v) is 11.4. The van der Waals surface area contributed by atoms with Crippen LogP contribution in [-0.4, -0.2) is 63.7 Å². The average molecular weight is 512 g/mol. The fraction of sp³-hybridized carbons (Fsp3) is 0.690. The summed E-state index contributed by atoms with van der Waals surface area (Å²) < 4.78 is 6.80. The lowest BCUT2D eigenvalue weighted by Crippen LogP contribution is -2.59. The molecule has 8 nitrogen and oxygen atoms in total. The monoisotopic (exact) mass is 511 g/mol. The molecular weight excluding hydrogens is 470 g/mol. The maximum absolute atomic E-state index is 14.2. The van der Waals surface area contributed by atoms with Gasteiger partial charge in [0.2, 0.25) is 17.7 Å². The van der Waals surface area contributed by atoms with Gasteiger partial charge in [-0.2, -0.15) is 0 Å². The number of benzene rings is 1. The Morgan fingerprint density at radius 3 is 2.49 bits per heavy atom. The molecule has 3 saturated heterocycles. The number of ether oxygens (including phenoxy) is 1. The third-order valence-corrected chi connectivity index (χ3v) is 9.49. The predicted octanol–water partition coefficient (Wildman–Crippen LogP) is 2.68. The van der Waals surface area contributed by atoms with E-state index in [1.807, 2.05) is 44.2 Å². The van der Waals surface area contributed by atoms with Crippen LogP contribution in [0.3, 0.4) is 0 Å². The van der Waals surface area contributed by atoms with Gasteiger partial charge >= 0.3 is 0 Å². The number of aliphatic hydroxyl groups is 1. The zero-order valence-corrected chi connectivity index (χ0v) is 22.1. The zero-order valence-electron chi connectivity index (χ0n) is 22.1. The van der Waals surface area contributed by atoms with E-state index >= 15 is 0 Å². The molecule has 4 fully saturated rings. The minimum atomic E-state index is -1.05. The summed E-state index contributed by atoms with van der Waals surface area (Å²) in [6.45, 7) is 4.04. The Kier molecular flexibility index (Phi) is 7.33. The lowest BCUT2D eigenvalue weighted by molar-refractivity contribution is -0.151. The van der Waals surface area contributed by atoms with Crippen LogP contribution in [0.15, 0.2) is 30.3 Å². The number of likely N-dealkylation sites (tertiary alicyclic amines) is 1. The number of aliphatic hydroxyl groups excluding tert-OH is 1. The smallest absolute Gasteiger partial charge is 0.246 e. The van der Waals surface area contributed by atoms with E-state index in [2.05, 4.69) is 10.6 Å². The summed E-state index contributed by atoms with van der Waals surface area (Å²) in [6.07, 6.45) is 7.51. The van der Waals surface area contributed by atoms with Crippen molar-refractivity contribution in [1.82, 2.24) is 15.5 Å². The van der Waals surface area contributed by atoms with Gasteiger partial charge in [-0.05, 0) is 44.1 Å². The van der Waals surface area contributed by atoms with Crippen molar-refractivity contribution in [2.75, 3.05) is 6.61 Å². The normalized spacial score (nSPS) is 33.9. The summed E-state index contributed by atoms with van der Waals surface area (Å²) in [5, 5.41) is 16.5. The lowest BCUT2D eigenvalue weighted by atomic mass is 9.65. The van der Waals surface area contributed by atoms with Crippen LogP contribution in [-0.2, 0) is 25.7 Å². The Morgan fingerprint density at radius 2 is 1.84 bits per heavy atom. The second-order valence-electron chi connectivity index (χ2n) is 11.4. The third-order valence-electron chi connectivity index (χ3n) is 9.49. The van der Waals surface area contributed by atoms with E-state index in [0.29, 0.717) is 32.2 Å². The van der Waals surface area contributed by atoms with Crippen LogP contribution in [0, 0.1) is 11.8 Å². The summed E-state index contributed by atoms with van der Waals surface area (Å²) in [5.74, 6) is -2.05. The molecule has 202 valence electrons. The molecule has 6 atom stereocenters. The highest BCUT2D eigenvalue weighted by Gasteiger charge is 2.79. The van der Waals surface area contributed by atoms with E-state index in [1.165, 1.54) is 6.42 Å². The van der Waals surface area contributed by atoms with Gasteiger partial charge in [0.25, 0.3) is 0 Å². The van der Waals surface area contributed by atoms with Crippen molar-refractivity contribution in [3.63, 3.8) is 0 Å². The van der Waals surface area contributed by atoms with E-state index in [0.717, 1.165) is 31.2 Å². The van der Waals surface area contributed by atoms with Crippen molar-refractivity contribution in [2.24, 2.45) is 11.8 Å². The maximum atomic E-state index is 14.2. The van der Waals surface area contributed by atoms with Crippen LogP contribution in [0.5, 0.6) is 0 Å². The molecule has 1 spiro atoms. The molecular formula is C29H41N3O5. The lowest BCUT2D eigenvalue weighted by Gasteiger charge is -2.38. The zero-order chi connectivity index (χ0) is 26.2. The standard InChI is InChI=1S/C29H41N3O5/c1-3-21(18-33)32-24(26(35)31-20-13-9-6-10-14-20)29-16-15-28(4-2,37-29)22(23(29)27(32)36)25(34)30-17-19-11-7-5-8-12-19/h5,7-8,11-12,20-24,33H,3-4,6,9-10,13-18H2,1-2H3,(H,30,34)(H,31,35)/t21-,22-,23-,24?,28+,29?/m0/s1. The highest BCUT2D eigenvalue weighted by Crippen LogP contribution is 2.64. The Bertz CT molecular complexity index is 1010. The van der Waals surface area contributed by atoms with Crippen molar-refractivity contribution in [2.45, 2.75) is 108 Å². The molecule has 5 rings (SSSR count). The van der Waals surface area contributed by atoms with Crippen LogP contribution in [0.25, 0.3) is 0 Å². The molecule has 4 aliphatic rings. The van der Waals surface area contributed by atoms with Crippen molar-refractivity contribution in [3.8, 4) is 0 Å². The van der Waals surface area contributed by atoms with E-state index in [9.17, 15) is 19.5 Å². The van der Waals surface area contributed by atoms with Gasteiger partial charge in [-0.1, -0.05) is 63.4 Å². The van der Waals surface area contributed by atoms with E-state index < -0.39 is 35.1 Å². The Morgan fingerprint density at radius 1 is 1.11 bits per heavy atom. The second kappa shape index (κ2) is 10.4. The molecule has 1 aromatic rings. The first-order chi connectivity index (χ1) is 17.9. The van der Waals surface area contributed by atoms with Crippen LogP contribution in [0.2, 0.25) is 0 Å². The number of nitrogens with zero attached hydrogens (tertiary/aromatic N) is 1. The van der Waals surface area contributed by atoms with Gasteiger partial charge in [0, 0.05) is 12.6 Å². The molecule has 0 radical (unpaired) electrons. The molecule has 0 aromatic heterocycles. The summed E-state index contributed by atoms with van der Waals surface area (Å²) in [7, 11) is 0. The van der Waals surface area contributed by atoms with Crippen LogP contribution in [0.1, 0.15) is 77.2 Å². The van der Waals surface area contributed by atoms with Crippen LogP contribution in [0.4, 0.5) is 0 Å². The first kappa shape index (κ1) is 26.2. The van der Waals surface area contributed by atoms with E-state index in [4.69, 9.17) is 4.74 Å². The number of nitrogens with one attached hydrogen (secondary N) is 2. The summed E-state index contributed by atoms with van der Waals surface area (Å²) in [5.41, 5.74) is -0.837. The average Bonchev–Trinajstić information content (AvgIpc) is 3.53. The van der Waals surface area contributed by atoms with Gasteiger partial charge in [0.05, 0.1) is 30.1 Å². The molecule has 8 heteroatoms. The molecule has 2 unspecified atom stereocenters. The highest BCUT2D eigenvalue weighted by molar-refractivity contribution is 5.99. The van der Waals surface area contributed by atoms with Crippen molar-refractivity contribution < 1.29 is 24.2 Å². The minimum Gasteiger partial charge on any atom is -0.394 e. The largest absolute Gasteiger partial charge is 0.394 e. The van der Waals surface area contributed by atoms with Gasteiger partial charge < -0.3 is 25.4 Å².